The summed E-state index contributed by atoms with van der Waals surface area (Å²) in [4.78, 5) is 4.77. The Morgan fingerprint density at radius 1 is 0.767 bits per heavy atom. The summed E-state index contributed by atoms with van der Waals surface area (Å²) in [5.74, 6) is 0. The molecule has 5 heteroatoms. The first kappa shape index (κ1) is 22.0. The van der Waals surface area contributed by atoms with Gasteiger partial charge in [0.15, 0.2) is 0 Å². The maximum atomic E-state index is 4.13. The van der Waals surface area contributed by atoms with Crippen LogP contribution in [0.5, 0.6) is 0 Å². The summed E-state index contributed by atoms with van der Waals surface area (Å²) < 4.78 is 0. The first-order valence-corrected chi connectivity index (χ1v) is 10.1. The second-order valence-electron chi connectivity index (χ2n) is 7.87. The fraction of sp³-hybridized carbons (Fsp3) is 0.240. The molecule has 1 heterocycles. The Hall–Kier alpha value is -2.66. The number of rotatable bonds is 8. The minimum atomic E-state index is 0. The molecule has 0 spiro atoms. The Morgan fingerprint density at radius 2 is 1.50 bits per heavy atom. The van der Waals surface area contributed by atoms with E-state index in [0.29, 0.717) is 0 Å². The van der Waals surface area contributed by atoms with E-state index in [4.69, 9.17) is 0 Å². The average Bonchev–Trinajstić information content (AvgIpc) is 3.21. The molecule has 0 unspecified atom stereocenters. The molecule has 0 saturated heterocycles. The van der Waals surface area contributed by atoms with E-state index in [2.05, 4.69) is 107 Å². The minimum absolute atomic E-state index is 0. The van der Waals surface area contributed by atoms with Crippen LogP contribution in [0.4, 0.5) is 0 Å². The van der Waals surface area contributed by atoms with Crippen molar-refractivity contribution in [2.24, 2.45) is 0 Å². The first-order valence-electron chi connectivity index (χ1n) is 10.1. The molecular weight excluding hydrogens is 392 g/mol. The molecule has 30 heavy (non-hydrogen) atoms. The second kappa shape index (κ2) is 10.4. The van der Waals surface area contributed by atoms with Gasteiger partial charge in [-0.1, -0.05) is 54.6 Å². The topological polar surface area (TPSA) is 35.2 Å². The number of nitrogens with one attached hydrogen (secondary N) is 1. The van der Waals surface area contributed by atoms with Gasteiger partial charge in [0.1, 0.15) is 0 Å². The fourth-order valence-electron chi connectivity index (χ4n) is 3.63. The lowest BCUT2D eigenvalue weighted by Crippen LogP contribution is -2.31. The monoisotopic (exact) mass is 420 g/mol. The molecule has 4 aromatic rings. The van der Waals surface area contributed by atoms with Gasteiger partial charge in [0, 0.05) is 31.6 Å². The molecule has 0 radical (unpaired) electrons. The zero-order chi connectivity index (χ0) is 20.1. The largest absolute Gasteiger partial charge is 0.308 e. The Balaban J connectivity index is 0.00000256. The highest BCUT2D eigenvalue weighted by molar-refractivity contribution is 5.85. The van der Waals surface area contributed by atoms with E-state index in [1.807, 2.05) is 6.20 Å². The summed E-state index contributed by atoms with van der Waals surface area (Å²) >= 11 is 0. The predicted octanol–water partition coefficient (Wildman–Crippen LogP) is 5.22. The van der Waals surface area contributed by atoms with Crippen molar-refractivity contribution < 1.29 is 0 Å². The molecular formula is C25H29ClN4. The second-order valence-corrected chi connectivity index (χ2v) is 7.87. The molecule has 1 aromatic heterocycles. The van der Waals surface area contributed by atoms with Crippen LogP contribution in [0.2, 0.25) is 0 Å². The van der Waals surface area contributed by atoms with Crippen LogP contribution in [0.3, 0.4) is 0 Å². The number of H-pyrrole nitrogens is 1. The minimum Gasteiger partial charge on any atom is -0.308 e. The molecule has 156 valence electrons. The highest BCUT2D eigenvalue weighted by Gasteiger charge is 2.09. The highest BCUT2D eigenvalue weighted by Crippen LogP contribution is 2.25. The van der Waals surface area contributed by atoms with Crippen LogP contribution >= 0.6 is 12.4 Å². The number of likely N-dealkylation sites (N-methyl/N-ethyl adjacent to an activating group) is 1. The van der Waals surface area contributed by atoms with Crippen molar-refractivity contribution in [2.75, 3.05) is 27.2 Å². The van der Waals surface area contributed by atoms with E-state index in [1.165, 1.54) is 22.3 Å². The number of hydrogen-bond acceptors (Lipinski definition) is 3. The van der Waals surface area contributed by atoms with Gasteiger partial charge in [0.25, 0.3) is 0 Å². The smallest absolute Gasteiger partial charge is 0.0650 e. The third-order valence-corrected chi connectivity index (χ3v) is 5.22. The normalized spacial score (nSPS) is 11.2. The van der Waals surface area contributed by atoms with Crippen LogP contribution in [0, 0.1) is 0 Å². The van der Waals surface area contributed by atoms with Crippen molar-refractivity contribution in [1.29, 1.82) is 0 Å². The van der Waals surface area contributed by atoms with Crippen molar-refractivity contribution in [1.82, 2.24) is 20.0 Å². The van der Waals surface area contributed by atoms with Gasteiger partial charge in [0.05, 0.1) is 11.7 Å². The van der Waals surface area contributed by atoms with Gasteiger partial charge in [-0.05, 0) is 54.5 Å². The summed E-state index contributed by atoms with van der Waals surface area (Å²) in [6, 6.07) is 26.1. The number of aromatic amines is 1. The first-order chi connectivity index (χ1) is 14.2. The Morgan fingerprint density at radius 3 is 2.30 bits per heavy atom. The third kappa shape index (κ3) is 5.70. The molecule has 0 bridgehead atoms. The average molecular weight is 421 g/mol. The fourth-order valence-corrected chi connectivity index (χ4v) is 3.63. The van der Waals surface area contributed by atoms with Crippen molar-refractivity contribution >= 4 is 23.3 Å². The van der Waals surface area contributed by atoms with Gasteiger partial charge in [-0.3, -0.25) is 10.00 Å². The number of halogens is 1. The third-order valence-electron chi connectivity index (χ3n) is 5.22. The van der Waals surface area contributed by atoms with Crippen molar-refractivity contribution in [3.05, 3.63) is 90.1 Å². The summed E-state index contributed by atoms with van der Waals surface area (Å²) in [7, 11) is 4.26. The Kier molecular flexibility index (Phi) is 7.63. The van der Waals surface area contributed by atoms with Gasteiger partial charge in [-0.2, -0.15) is 5.10 Å². The van der Waals surface area contributed by atoms with Crippen LogP contribution in [0.15, 0.2) is 79.0 Å². The van der Waals surface area contributed by atoms with Crippen molar-refractivity contribution in [2.45, 2.75) is 13.1 Å². The lowest BCUT2D eigenvalue weighted by molar-refractivity contribution is 0.226. The maximum Gasteiger partial charge on any atom is 0.0650 e. The molecule has 1 N–H and O–H groups in total. The van der Waals surface area contributed by atoms with E-state index in [0.717, 1.165) is 37.1 Å². The number of nitrogens with zero attached hydrogens (tertiary/aromatic N) is 3. The molecule has 0 atom stereocenters. The SMILES string of the molecule is CN(C)CCN(Cc1ccccc1)Cc1cccc(-c2ccc3[nH]ncc3c2)c1.Cl. The molecule has 0 saturated carbocycles. The van der Waals surface area contributed by atoms with E-state index in [9.17, 15) is 0 Å². The van der Waals surface area contributed by atoms with Crippen LogP contribution < -0.4 is 0 Å². The molecule has 3 aromatic carbocycles. The molecule has 0 amide bonds. The van der Waals surface area contributed by atoms with Crippen molar-refractivity contribution in [3.63, 3.8) is 0 Å². The van der Waals surface area contributed by atoms with Gasteiger partial charge in [-0.25, -0.2) is 0 Å². The predicted molar refractivity (Wildman–Crippen MR) is 128 cm³/mol. The van der Waals surface area contributed by atoms with Crippen LogP contribution in [0.25, 0.3) is 22.0 Å². The van der Waals surface area contributed by atoms with Gasteiger partial charge < -0.3 is 4.90 Å². The lowest BCUT2D eigenvalue weighted by Gasteiger charge is -2.24. The van der Waals surface area contributed by atoms with E-state index < -0.39 is 0 Å². The van der Waals surface area contributed by atoms with E-state index >= 15 is 0 Å². The molecule has 4 rings (SSSR count). The van der Waals surface area contributed by atoms with Gasteiger partial charge in [-0.15, -0.1) is 12.4 Å². The number of hydrogen-bond donors (Lipinski definition) is 1. The molecule has 0 aliphatic rings. The highest BCUT2D eigenvalue weighted by atomic mass is 35.5. The summed E-state index contributed by atoms with van der Waals surface area (Å²) in [6.45, 7) is 3.97. The Bertz CT molecular complexity index is 1060. The van der Waals surface area contributed by atoms with Crippen LogP contribution in [-0.4, -0.2) is 47.2 Å². The van der Waals surface area contributed by atoms with Gasteiger partial charge in [0.2, 0.25) is 0 Å². The number of benzene rings is 3. The number of fused-ring (bicyclic) bond motifs is 1. The lowest BCUT2D eigenvalue weighted by atomic mass is 10.0. The van der Waals surface area contributed by atoms with E-state index in [1.54, 1.807) is 0 Å². The number of aromatic nitrogens is 2. The molecule has 0 fully saturated rings. The van der Waals surface area contributed by atoms with Crippen molar-refractivity contribution in [3.8, 4) is 11.1 Å². The molecule has 4 nitrogen and oxygen atoms in total. The molecule has 0 aliphatic carbocycles. The summed E-state index contributed by atoms with van der Waals surface area (Å²) in [5, 5.41) is 8.30. The zero-order valence-corrected chi connectivity index (χ0v) is 18.4. The van der Waals surface area contributed by atoms with Crippen LogP contribution in [0.1, 0.15) is 11.1 Å². The summed E-state index contributed by atoms with van der Waals surface area (Å²) in [5.41, 5.74) is 6.24. The van der Waals surface area contributed by atoms with E-state index in [-0.39, 0.29) is 12.4 Å². The Labute approximate surface area is 184 Å². The standard InChI is InChI=1S/C25H28N4.ClH/c1-28(2)13-14-29(18-20-7-4-3-5-8-20)19-21-9-6-10-22(15-21)23-11-12-25-24(16-23)17-26-27-25;/h3-12,15-17H,13-14,18-19H2,1-2H3,(H,26,27);1H. The maximum absolute atomic E-state index is 4.13. The molecule has 0 aliphatic heterocycles. The quantitative estimate of drug-likeness (QED) is 0.424. The van der Waals surface area contributed by atoms with Crippen LogP contribution in [-0.2, 0) is 13.1 Å². The van der Waals surface area contributed by atoms with Gasteiger partial charge >= 0.3 is 0 Å². The zero-order valence-electron chi connectivity index (χ0n) is 17.6. The summed E-state index contributed by atoms with van der Waals surface area (Å²) in [6.07, 6.45) is 1.88.